The second-order valence-corrected chi connectivity index (χ2v) is 10.0. The molecule has 7 nitrogen and oxygen atoms in total. The summed E-state index contributed by atoms with van der Waals surface area (Å²) in [5.41, 5.74) is 11.7. The van der Waals surface area contributed by atoms with E-state index >= 15 is 0 Å². The van der Waals surface area contributed by atoms with Gasteiger partial charge in [0.05, 0.1) is 28.0 Å². The van der Waals surface area contributed by atoms with Gasteiger partial charge in [0.2, 0.25) is 0 Å². The highest BCUT2D eigenvalue weighted by Crippen LogP contribution is 2.44. The molecule has 0 radical (unpaired) electrons. The molecule has 3 heterocycles. The Balaban J connectivity index is 1.34. The third-order valence-corrected chi connectivity index (χ3v) is 7.31. The first kappa shape index (κ1) is 24.5. The van der Waals surface area contributed by atoms with Crippen LogP contribution >= 0.6 is 0 Å². The minimum Gasteiger partial charge on any atom is -0.365 e. The van der Waals surface area contributed by atoms with Gasteiger partial charge in [-0.05, 0) is 90.6 Å². The van der Waals surface area contributed by atoms with Crippen LogP contribution in [0.3, 0.4) is 0 Å². The van der Waals surface area contributed by atoms with Crippen molar-refractivity contribution in [1.29, 1.82) is 0 Å². The molecule has 3 N–H and O–H groups in total. The second-order valence-electron chi connectivity index (χ2n) is 10.0. The molecule has 0 saturated heterocycles. The van der Waals surface area contributed by atoms with E-state index in [1.165, 1.54) is 12.1 Å². The molecule has 6 rings (SSSR count). The average molecular weight is 520 g/mol. The smallest absolute Gasteiger partial charge is 0.252 e. The molecule has 1 saturated carbocycles. The lowest BCUT2D eigenvalue weighted by molar-refractivity contribution is 0.0929. The lowest BCUT2D eigenvalue weighted by Crippen LogP contribution is -2.35. The molecule has 0 bridgehead atoms. The Morgan fingerprint density at radius 3 is 2.54 bits per heavy atom. The normalized spacial score (nSPS) is 13.8. The third-order valence-electron chi connectivity index (χ3n) is 7.31. The van der Waals surface area contributed by atoms with E-state index in [0.717, 1.165) is 40.8 Å². The van der Waals surface area contributed by atoms with Gasteiger partial charge >= 0.3 is 0 Å². The fourth-order valence-corrected chi connectivity index (χ4v) is 5.03. The fourth-order valence-electron chi connectivity index (χ4n) is 5.03. The molecule has 8 heteroatoms. The van der Waals surface area contributed by atoms with E-state index in [1.807, 2.05) is 55.5 Å². The van der Waals surface area contributed by atoms with Gasteiger partial charge in [-0.3, -0.25) is 14.6 Å². The Labute approximate surface area is 224 Å². The number of aromatic nitrogens is 3. The molecule has 3 aromatic heterocycles. The van der Waals surface area contributed by atoms with Crippen LogP contribution in [0, 0.1) is 12.7 Å². The van der Waals surface area contributed by atoms with Gasteiger partial charge in [-0.1, -0.05) is 24.3 Å². The maximum Gasteiger partial charge on any atom is 0.252 e. The zero-order chi connectivity index (χ0) is 27.1. The number of aryl methyl sites for hydroxylation is 1. The summed E-state index contributed by atoms with van der Waals surface area (Å²) in [6.45, 7) is 1.98. The second kappa shape index (κ2) is 9.47. The van der Waals surface area contributed by atoms with Gasteiger partial charge in [-0.25, -0.2) is 8.91 Å². The van der Waals surface area contributed by atoms with Crippen LogP contribution in [0.25, 0.3) is 16.6 Å². The van der Waals surface area contributed by atoms with Crippen LogP contribution in [0.5, 0.6) is 0 Å². The van der Waals surface area contributed by atoms with Crippen molar-refractivity contribution >= 4 is 17.3 Å². The number of fused-ring (bicyclic) bond motifs is 1. The van der Waals surface area contributed by atoms with Crippen LogP contribution in [0.4, 0.5) is 4.39 Å². The van der Waals surface area contributed by atoms with Crippen LogP contribution < -0.4 is 11.1 Å². The Morgan fingerprint density at radius 2 is 1.85 bits per heavy atom. The first-order chi connectivity index (χ1) is 18.8. The maximum absolute atomic E-state index is 13.4. The molecule has 2 amide bonds. The van der Waals surface area contributed by atoms with E-state index in [-0.39, 0.29) is 11.7 Å². The van der Waals surface area contributed by atoms with E-state index in [0.29, 0.717) is 28.8 Å². The maximum atomic E-state index is 13.4. The van der Waals surface area contributed by atoms with Gasteiger partial charge in [-0.2, -0.15) is 5.10 Å². The summed E-state index contributed by atoms with van der Waals surface area (Å²) in [6.07, 6.45) is 5.55. The molecule has 1 aliphatic carbocycles. The summed E-state index contributed by atoms with van der Waals surface area (Å²) < 4.78 is 15.0. The molecule has 39 heavy (non-hydrogen) atoms. The highest BCUT2D eigenvalue weighted by molar-refractivity contribution is 6.02. The van der Waals surface area contributed by atoms with Gasteiger partial charge in [0.25, 0.3) is 11.8 Å². The number of hydrogen-bond donors (Lipinski definition) is 2. The van der Waals surface area contributed by atoms with Gasteiger partial charge in [-0.15, -0.1) is 0 Å². The Morgan fingerprint density at radius 1 is 1.05 bits per heavy atom. The summed E-state index contributed by atoms with van der Waals surface area (Å²) in [5.74, 6) is -1.08. The van der Waals surface area contributed by atoms with E-state index in [1.54, 1.807) is 29.0 Å². The number of amides is 2. The number of nitrogens with two attached hydrogens (primary N) is 1. The molecule has 2 aromatic carbocycles. The van der Waals surface area contributed by atoms with Crippen molar-refractivity contribution in [1.82, 2.24) is 19.9 Å². The molecular formula is C31H26FN5O2. The highest BCUT2D eigenvalue weighted by Gasteiger charge is 2.47. The highest BCUT2D eigenvalue weighted by atomic mass is 19.1. The SMILES string of the molecule is Cc1ccc(C(=O)NC2(c3ccccn3)CC2)cc1-c1ccn2nc(Cc3ccc(F)cc3)c(C(N)=O)c2c1. The number of nitrogens with zero attached hydrogens (tertiary/aromatic N) is 3. The van der Waals surface area contributed by atoms with Crippen molar-refractivity contribution in [3.63, 3.8) is 0 Å². The van der Waals surface area contributed by atoms with Gasteiger partial charge in [0.15, 0.2) is 0 Å². The molecule has 194 valence electrons. The zero-order valence-electron chi connectivity index (χ0n) is 21.3. The molecule has 1 fully saturated rings. The number of carbonyl (C=O) groups excluding carboxylic acids is 2. The molecular weight excluding hydrogens is 493 g/mol. The van der Waals surface area contributed by atoms with Crippen molar-refractivity contribution in [2.75, 3.05) is 0 Å². The molecule has 0 unspecified atom stereocenters. The number of nitrogens with one attached hydrogen (secondary N) is 1. The molecule has 1 aliphatic rings. The standard InChI is InChI=1S/C31H26FN5O2/c1-19-5-8-22(30(39)35-31(12-13-31)27-4-2-3-14-34-27)17-24(19)21-11-15-37-26(18-21)28(29(33)38)25(36-37)16-20-6-9-23(32)10-7-20/h2-11,14-15,17-18H,12-13,16H2,1H3,(H2,33,38)(H,35,39). The van der Waals surface area contributed by atoms with Crippen LogP contribution in [0.15, 0.2) is 85.2 Å². The quantitative estimate of drug-likeness (QED) is 0.318. The molecule has 0 aliphatic heterocycles. The molecule has 0 atom stereocenters. The first-order valence-electron chi connectivity index (χ1n) is 12.7. The minimum atomic E-state index is -0.589. The summed E-state index contributed by atoms with van der Waals surface area (Å²) in [7, 11) is 0. The van der Waals surface area contributed by atoms with Crippen LogP contribution in [-0.4, -0.2) is 26.4 Å². The van der Waals surface area contributed by atoms with Gasteiger partial charge in [0, 0.05) is 24.4 Å². The fraction of sp³-hybridized carbons (Fsp3) is 0.161. The summed E-state index contributed by atoms with van der Waals surface area (Å²) in [5, 5.41) is 7.76. The third kappa shape index (κ3) is 4.65. The number of carbonyl (C=O) groups is 2. The number of halogens is 1. The summed E-state index contributed by atoms with van der Waals surface area (Å²) >= 11 is 0. The number of rotatable bonds is 7. The summed E-state index contributed by atoms with van der Waals surface area (Å²) in [6, 6.07) is 21.2. The Hall–Kier alpha value is -4.85. The zero-order valence-corrected chi connectivity index (χ0v) is 21.3. The first-order valence-corrected chi connectivity index (χ1v) is 12.7. The number of hydrogen-bond acceptors (Lipinski definition) is 4. The Kier molecular flexibility index (Phi) is 5.95. The van der Waals surface area contributed by atoms with Crippen LogP contribution in [0.1, 0.15) is 56.1 Å². The number of pyridine rings is 2. The van der Waals surface area contributed by atoms with Crippen LogP contribution in [0.2, 0.25) is 0 Å². The number of benzene rings is 2. The lowest BCUT2D eigenvalue weighted by atomic mass is 9.97. The average Bonchev–Trinajstić information content (AvgIpc) is 3.62. The largest absolute Gasteiger partial charge is 0.365 e. The minimum absolute atomic E-state index is 0.163. The van der Waals surface area contributed by atoms with E-state index in [4.69, 9.17) is 5.73 Å². The van der Waals surface area contributed by atoms with Crippen LogP contribution in [-0.2, 0) is 12.0 Å². The van der Waals surface area contributed by atoms with Gasteiger partial charge in [0.1, 0.15) is 5.82 Å². The predicted molar refractivity (Wildman–Crippen MR) is 146 cm³/mol. The monoisotopic (exact) mass is 519 g/mol. The van der Waals surface area contributed by atoms with E-state index < -0.39 is 11.4 Å². The lowest BCUT2D eigenvalue weighted by Gasteiger charge is -2.17. The van der Waals surface area contributed by atoms with Crippen molar-refractivity contribution in [3.8, 4) is 11.1 Å². The van der Waals surface area contributed by atoms with E-state index in [9.17, 15) is 14.0 Å². The van der Waals surface area contributed by atoms with Crippen molar-refractivity contribution < 1.29 is 14.0 Å². The van der Waals surface area contributed by atoms with Crippen molar-refractivity contribution in [2.24, 2.45) is 5.73 Å². The predicted octanol–water partition coefficient (Wildman–Crippen LogP) is 4.95. The number of primary amides is 1. The molecule has 0 spiro atoms. The Bertz CT molecular complexity index is 1720. The van der Waals surface area contributed by atoms with Crippen molar-refractivity contribution in [3.05, 3.63) is 125 Å². The van der Waals surface area contributed by atoms with E-state index in [2.05, 4.69) is 15.4 Å². The topological polar surface area (TPSA) is 102 Å². The van der Waals surface area contributed by atoms with Gasteiger partial charge < -0.3 is 11.1 Å². The molecule has 5 aromatic rings. The van der Waals surface area contributed by atoms with Crippen molar-refractivity contribution in [2.45, 2.75) is 31.7 Å². The summed E-state index contributed by atoms with van der Waals surface area (Å²) in [4.78, 5) is 30.2.